The third-order valence-corrected chi connectivity index (χ3v) is 3.61. The van der Waals surface area contributed by atoms with E-state index in [-0.39, 0.29) is 11.9 Å². The van der Waals surface area contributed by atoms with Crippen LogP contribution in [-0.2, 0) is 16.0 Å². The second-order valence-corrected chi connectivity index (χ2v) is 4.86. The molecule has 1 aromatic carbocycles. The summed E-state index contributed by atoms with van der Waals surface area (Å²) in [4.78, 5) is 28.3. The number of fused-ring (bicyclic) bond motifs is 3. The van der Waals surface area contributed by atoms with Crippen molar-refractivity contribution in [3.8, 4) is 0 Å². The largest absolute Gasteiger partial charge is 0.461 e. The molecule has 1 aliphatic rings. The van der Waals surface area contributed by atoms with Crippen LogP contribution < -0.4 is 4.90 Å². The minimum absolute atomic E-state index is 0.0233. The average molecular weight is 272 g/mol. The zero-order valence-corrected chi connectivity index (χ0v) is 11.5. The van der Waals surface area contributed by atoms with Gasteiger partial charge in [-0.1, -0.05) is 6.07 Å². The number of hydrogen-bond acceptors (Lipinski definition) is 3. The number of hydrogen-bond donors (Lipinski definition) is 1. The highest BCUT2D eigenvalue weighted by Gasteiger charge is 2.25. The summed E-state index contributed by atoms with van der Waals surface area (Å²) in [7, 11) is 0. The number of nitrogens with zero attached hydrogens (tertiary/aromatic N) is 1. The summed E-state index contributed by atoms with van der Waals surface area (Å²) in [6.07, 6.45) is 0.852. The highest BCUT2D eigenvalue weighted by atomic mass is 16.5. The Labute approximate surface area is 116 Å². The number of anilines is 1. The van der Waals surface area contributed by atoms with E-state index in [0.29, 0.717) is 18.8 Å². The van der Waals surface area contributed by atoms with Gasteiger partial charge in [0.1, 0.15) is 5.69 Å². The standard InChI is InChI=1S/C15H16N2O3/c1-3-20-15(19)13-8-11-12(16-13)5-4-10-6-7-17(9(2)18)14(10)11/h4-5,8,16H,3,6-7H2,1-2H3. The van der Waals surface area contributed by atoms with E-state index in [2.05, 4.69) is 4.98 Å². The molecule has 1 aliphatic heterocycles. The van der Waals surface area contributed by atoms with E-state index >= 15 is 0 Å². The Bertz CT molecular complexity index is 702. The van der Waals surface area contributed by atoms with Gasteiger partial charge < -0.3 is 14.6 Å². The van der Waals surface area contributed by atoms with Gasteiger partial charge in [0.15, 0.2) is 0 Å². The smallest absolute Gasteiger partial charge is 0.354 e. The molecule has 0 aliphatic carbocycles. The predicted octanol–water partition coefficient (Wildman–Crippen LogP) is 2.25. The predicted molar refractivity (Wildman–Crippen MR) is 76.0 cm³/mol. The molecule has 0 saturated carbocycles. The number of ether oxygens (including phenoxy) is 1. The van der Waals surface area contributed by atoms with Crippen molar-refractivity contribution in [2.45, 2.75) is 20.3 Å². The fourth-order valence-electron chi connectivity index (χ4n) is 2.73. The van der Waals surface area contributed by atoms with Gasteiger partial charge in [0.25, 0.3) is 0 Å². The van der Waals surface area contributed by atoms with E-state index in [1.807, 2.05) is 12.1 Å². The van der Waals surface area contributed by atoms with Crippen LogP contribution in [0.5, 0.6) is 0 Å². The summed E-state index contributed by atoms with van der Waals surface area (Å²) in [5.74, 6) is -0.347. The Morgan fingerprint density at radius 1 is 1.40 bits per heavy atom. The van der Waals surface area contributed by atoms with Crippen LogP contribution in [0.15, 0.2) is 18.2 Å². The third kappa shape index (κ3) is 1.86. The minimum atomic E-state index is -0.371. The molecule has 2 aromatic rings. The minimum Gasteiger partial charge on any atom is -0.461 e. The van der Waals surface area contributed by atoms with Gasteiger partial charge in [-0.05, 0) is 31.0 Å². The number of rotatable bonds is 2. The fourth-order valence-corrected chi connectivity index (χ4v) is 2.73. The molecular formula is C15H16N2O3. The Morgan fingerprint density at radius 3 is 2.90 bits per heavy atom. The van der Waals surface area contributed by atoms with Crippen molar-refractivity contribution in [2.24, 2.45) is 0 Å². The van der Waals surface area contributed by atoms with Crippen molar-refractivity contribution in [3.63, 3.8) is 0 Å². The topological polar surface area (TPSA) is 62.4 Å². The van der Waals surface area contributed by atoms with Crippen LogP contribution >= 0.6 is 0 Å². The first-order valence-electron chi connectivity index (χ1n) is 6.71. The highest BCUT2D eigenvalue weighted by molar-refractivity contribution is 6.07. The summed E-state index contributed by atoms with van der Waals surface area (Å²) < 4.78 is 5.00. The molecule has 5 nitrogen and oxygen atoms in total. The fraction of sp³-hybridized carbons (Fsp3) is 0.333. The molecule has 20 heavy (non-hydrogen) atoms. The van der Waals surface area contributed by atoms with Gasteiger partial charge in [-0.15, -0.1) is 0 Å². The molecule has 0 spiro atoms. The van der Waals surface area contributed by atoms with Crippen molar-refractivity contribution in [3.05, 3.63) is 29.5 Å². The van der Waals surface area contributed by atoms with E-state index in [4.69, 9.17) is 4.74 Å². The van der Waals surface area contributed by atoms with Gasteiger partial charge in [-0.25, -0.2) is 4.79 Å². The average Bonchev–Trinajstić information content (AvgIpc) is 3.01. The maximum atomic E-state index is 11.8. The number of nitrogens with one attached hydrogen (secondary N) is 1. The van der Waals surface area contributed by atoms with Crippen molar-refractivity contribution in [2.75, 3.05) is 18.1 Å². The number of aromatic amines is 1. The lowest BCUT2D eigenvalue weighted by Crippen LogP contribution is -2.25. The quantitative estimate of drug-likeness (QED) is 0.853. The first-order chi connectivity index (χ1) is 9.61. The molecule has 0 saturated heterocycles. The number of H-pyrrole nitrogens is 1. The molecule has 0 unspecified atom stereocenters. The van der Waals surface area contributed by atoms with Crippen molar-refractivity contribution in [1.29, 1.82) is 0 Å². The summed E-state index contributed by atoms with van der Waals surface area (Å²) in [6, 6.07) is 5.72. The van der Waals surface area contributed by atoms with E-state index in [9.17, 15) is 9.59 Å². The maximum absolute atomic E-state index is 11.8. The van der Waals surface area contributed by atoms with Crippen LogP contribution in [0.3, 0.4) is 0 Å². The van der Waals surface area contributed by atoms with Gasteiger partial charge in [0.05, 0.1) is 12.3 Å². The molecule has 2 heterocycles. The van der Waals surface area contributed by atoms with E-state index in [1.165, 1.54) is 0 Å². The molecule has 0 fully saturated rings. The number of carbonyl (C=O) groups excluding carboxylic acids is 2. The summed E-state index contributed by atoms with van der Waals surface area (Å²) in [6.45, 7) is 4.37. The summed E-state index contributed by atoms with van der Waals surface area (Å²) in [5, 5.41) is 0.901. The van der Waals surface area contributed by atoms with Gasteiger partial charge >= 0.3 is 5.97 Å². The molecular weight excluding hydrogens is 256 g/mol. The highest BCUT2D eigenvalue weighted by Crippen LogP contribution is 2.36. The Balaban J connectivity index is 2.14. The lowest BCUT2D eigenvalue weighted by molar-refractivity contribution is -0.116. The summed E-state index contributed by atoms with van der Waals surface area (Å²) >= 11 is 0. The second-order valence-electron chi connectivity index (χ2n) is 4.86. The lowest BCUT2D eigenvalue weighted by Gasteiger charge is -2.15. The number of esters is 1. The van der Waals surface area contributed by atoms with Crippen molar-refractivity contribution in [1.82, 2.24) is 4.98 Å². The monoisotopic (exact) mass is 272 g/mol. The second kappa shape index (κ2) is 4.67. The zero-order chi connectivity index (χ0) is 14.3. The molecule has 104 valence electrons. The Morgan fingerprint density at radius 2 is 2.20 bits per heavy atom. The lowest BCUT2D eigenvalue weighted by atomic mass is 10.1. The van der Waals surface area contributed by atoms with Crippen molar-refractivity contribution < 1.29 is 14.3 Å². The van der Waals surface area contributed by atoms with Crippen LogP contribution in [0.2, 0.25) is 0 Å². The molecule has 1 aromatic heterocycles. The van der Waals surface area contributed by atoms with Gasteiger partial charge in [0.2, 0.25) is 5.91 Å². The van der Waals surface area contributed by atoms with E-state index < -0.39 is 0 Å². The SMILES string of the molecule is CCOC(=O)c1cc2c3c(ccc2[nH]1)CCN3C(C)=O. The first kappa shape index (κ1) is 12.7. The van der Waals surface area contributed by atoms with Crippen LogP contribution in [0.25, 0.3) is 10.9 Å². The van der Waals surface area contributed by atoms with Crippen LogP contribution in [0, 0.1) is 0 Å². The molecule has 5 heteroatoms. The van der Waals surface area contributed by atoms with Gasteiger partial charge in [-0.2, -0.15) is 0 Å². The molecule has 3 rings (SSSR count). The van der Waals surface area contributed by atoms with Crippen LogP contribution in [-0.4, -0.2) is 30.0 Å². The normalized spacial score (nSPS) is 13.6. The maximum Gasteiger partial charge on any atom is 0.354 e. The van der Waals surface area contributed by atoms with Gasteiger partial charge in [-0.3, -0.25) is 4.79 Å². The van der Waals surface area contributed by atoms with E-state index in [1.54, 1.807) is 24.8 Å². The number of benzene rings is 1. The molecule has 0 radical (unpaired) electrons. The van der Waals surface area contributed by atoms with Crippen LogP contribution in [0.4, 0.5) is 5.69 Å². The summed E-state index contributed by atoms with van der Waals surface area (Å²) in [5.41, 5.74) is 3.33. The Kier molecular flexibility index (Phi) is 2.97. The van der Waals surface area contributed by atoms with Gasteiger partial charge in [0, 0.05) is 24.4 Å². The molecule has 1 N–H and O–H groups in total. The first-order valence-corrected chi connectivity index (χ1v) is 6.71. The zero-order valence-electron chi connectivity index (χ0n) is 11.5. The number of amides is 1. The molecule has 0 atom stereocenters. The number of carbonyl (C=O) groups is 2. The number of aromatic nitrogens is 1. The van der Waals surface area contributed by atoms with E-state index in [0.717, 1.165) is 28.6 Å². The Hall–Kier alpha value is -2.30. The van der Waals surface area contributed by atoms with Crippen molar-refractivity contribution >= 4 is 28.5 Å². The molecule has 0 bridgehead atoms. The third-order valence-electron chi connectivity index (χ3n) is 3.61. The molecule has 1 amide bonds. The van der Waals surface area contributed by atoms with Crippen LogP contribution in [0.1, 0.15) is 29.9 Å².